The molecule has 1 aliphatic rings. The first-order chi connectivity index (χ1) is 7.10. The molecule has 1 fully saturated rings. The maximum absolute atomic E-state index is 10.9. The van der Waals surface area contributed by atoms with E-state index in [0.717, 1.165) is 0 Å². The molecule has 0 aliphatic carbocycles. The van der Waals surface area contributed by atoms with Crippen molar-refractivity contribution in [3.8, 4) is 0 Å². The second kappa shape index (κ2) is 5.44. The molecule has 1 rings (SSSR count). The van der Waals surface area contributed by atoms with Crippen LogP contribution in [0.25, 0.3) is 0 Å². The fourth-order valence-corrected chi connectivity index (χ4v) is 1.76. The number of hydrogen-bond acceptors (Lipinski definition) is 5. The maximum atomic E-state index is 10.9. The van der Waals surface area contributed by atoms with Crippen LogP contribution >= 0.6 is 0 Å². The maximum Gasteiger partial charge on any atom is 0.303 e. The highest BCUT2D eigenvalue weighted by Gasteiger charge is 2.41. The Kier molecular flexibility index (Phi) is 4.50. The summed E-state index contributed by atoms with van der Waals surface area (Å²) in [5.41, 5.74) is 0. The van der Waals surface area contributed by atoms with Crippen LogP contribution in [0, 0.1) is 0 Å². The molecule has 1 heterocycles. The molecule has 88 valence electrons. The lowest BCUT2D eigenvalue weighted by Gasteiger charge is -2.39. The molecule has 15 heavy (non-hydrogen) atoms. The number of carbonyl (C=O) groups is 1. The lowest BCUT2D eigenvalue weighted by Crippen LogP contribution is -2.55. The van der Waals surface area contributed by atoms with E-state index in [-0.39, 0.29) is 24.3 Å². The van der Waals surface area contributed by atoms with Gasteiger partial charge in [0.05, 0.1) is 12.7 Å². The number of carbonyl (C=O) groups excluding carboxylic acids is 1. The third kappa shape index (κ3) is 2.90. The van der Waals surface area contributed by atoms with Crippen LogP contribution in [0.1, 0.15) is 13.8 Å². The zero-order chi connectivity index (χ0) is 11.4. The Hall–Kier alpha value is -0.650. The minimum absolute atomic E-state index is 0.176. The average molecular weight is 218 g/mol. The fourth-order valence-electron chi connectivity index (χ4n) is 1.76. The molecule has 0 aromatic rings. The molecule has 0 amide bonds. The first kappa shape index (κ1) is 12.4. The van der Waals surface area contributed by atoms with Crippen molar-refractivity contribution >= 4 is 5.97 Å². The van der Waals surface area contributed by atoms with Gasteiger partial charge in [-0.15, -0.1) is 0 Å². The number of ether oxygens (including phenoxy) is 4. The Morgan fingerprint density at radius 2 is 1.93 bits per heavy atom. The second-order valence-electron chi connectivity index (χ2n) is 3.59. The van der Waals surface area contributed by atoms with Gasteiger partial charge in [0, 0.05) is 21.1 Å². The standard InChI is InChI=1S/C10H18O5/c1-6-9(15-7(2)11)10(13-4)8(12-3)5-14-6/h6,8-10H,5H2,1-4H3/t6-,8-,9-,10-/m1/s1. The monoisotopic (exact) mass is 218 g/mol. The van der Waals surface area contributed by atoms with Gasteiger partial charge in [-0.05, 0) is 6.92 Å². The molecule has 0 unspecified atom stereocenters. The van der Waals surface area contributed by atoms with Crippen LogP contribution in [0.15, 0.2) is 0 Å². The normalized spacial score (nSPS) is 36.3. The van der Waals surface area contributed by atoms with E-state index in [1.54, 1.807) is 14.2 Å². The van der Waals surface area contributed by atoms with Gasteiger partial charge in [-0.3, -0.25) is 4.79 Å². The van der Waals surface area contributed by atoms with Crippen LogP contribution in [0.5, 0.6) is 0 Å². The van der Waals surface area contributed by atoms with Crippen LogP contribution in [-0.4, -0.2) is 51.2 Å². The Bertz CT molecular complexity index is 218. The smallest absolute Gasteiger partial charge is 0.303 e. The van der Waals surface area contributed by atoms with Crippen molar-refractivity contribution in [2.24, 2.45) is 0 Å². The SMILES string of the molecule is CO[C@H]1[C@H](OC(C)=O)[C@@H](C)OC[C@H]1OC. The van der Waals surface area contributed by atoms with Gasteiger partial charge in [0.15, 0.2) is 6.10 Å². The lowest BCUT2D eigenvalue weighted by atomic mass is 10.0. The van der Waals surface area contributed by atoms with Gasteiger partial charge < -0.3 is 18.9 Å². The highest BCUT2D eigenvalue weighted by molar-refractivity contribution is 5.66. The van der Waals surface area contributed by atoms with E-state index in [2.05, 4.69) is 0 Å². The predicted octanol–water partition coefficient (Wildman–Crippen LogP) is 0.367. The van der Waals surface area contributed by atoms with E-state index < -0.39 is 6.10 Å². The first-order valence-corrected chi connectivity index (χ1v) is 4.94. The summed E-state index contributed by atoms with van der Waals surface area (Å²) < 4.78 is 21.1. The van der Waals surface area contributed by atoms with Crippen molar-refractivity contribution in [3.63, 3.8) is 0 Å². The largest absolute Gasteiger partial charge is 0.457 e. The van der Waals surface area contributed by atoms with E-state index in [4.69, 9.17) is 18.9 Å². The first-order valence-electron chi connectivity index (χ1n) is 4.94. The summed E-state index contributed by atoms with van der Waals surface area (Å²) in [5, 5.41) is 0. The van der Waals surface area contributed by atoms with Crippen molar-refractivity contribution in [1.29, 1.82) is 0 Å². The Morgan fingerprint density at radius 1 is 1.27 bits per heavy atom. The molecular formula is C10H18O5. The van der Waals surface area contributed by atoms with Gasteiger partial charge in [0.1, 0.15) is 12.2 Å². The molecule has 0 bridgehead atoms. The molecular weight excluding hydrogens is 200 g/mol. The summed E-state index contributed by atoms with van der Waals surface area (Å²) in [6, 6.07) is 0. The van der Waals surface area contributed by atoms with Crippen molar-refractivity contribution in [3.05, 3.63) is 0 Å². The quantitative estimate of drug-likeness (QED) is 0.640. The molecule has 4 atom stereocenters. The highest BCUT2D eigenvalue weighted by atomic mass is 16.6. The zero-order valence-electron chi connectivity index (χ0n) is 9.56. The van der Waals surface area contributed by atoms with E-state index in [1.165, 1.54) is 6.92 Å². The average Bonchev–Trinajstić information content (AvgIpc) is 2.20. The van der Waals surface area contributed by atoms with E-state index >= 15 is 0 Å². The van der Waals surface area contributed by atoms with Gasteiger partial charge in [-0.25, -0.2) is 0 Å². The van der Waals surface area contributed by atoms with Gasteiger partial charge in [-0.2, -0.15) is 0 Å². The number of methoxy groups -OCH3 is 2. The van der Waals surface area contributed by atoms with Gasteiger partial charge in [0.2, 0.25) is 0 Å². The molecule has 0 saturated carbocycles. The van der Waals surface area contributed by atoms with Gasteiger partial charge >= 0.3 is 5.97 Å². The molecule has 5 heteroatoms. The predicted molar refractivity (Wildman–Crippen MR) is 52.6 cm³/mol. The molecule has 0 spiro atoms. The third-order valence-electron chi connectivity index (χ3n) is 2.55. The topological polar surface area (TPSA) is 54.0 Å². The minimum atomic E-state index is -0.411. The summed E-state index contributed by atoms with van der Waals surface area (Å²) in [6.07, 6.45) is -1.06. The zero-order valence-corrected chi connectivity index (χ0v) is 9.56. The van der Waals surface area contributed by atoms with Crippen LogP contribution in [-0.2, 0) is 23.7 Å². The Balaban J connectivity index is 2.71. The summed E-state index contributed by atoms with van der Waals surface area (Å²) in [7, 11) is 3.16. The van der Waals surface area contributed by atoms with Gasteiger partial charge in [-0.1, -0.05) is 0 Å². The Morgan fingerprint density at radius 3 is 2.40 bits per heavy atom. The van der Waals surface area contributed by atoms with Gasteiger partial charge in [0.25, 0.3) is 0 Å². The molecule has 1 aliphatic heterocycles. The Labute approximate surface area is 89.6 Å². The summed E-state index contributed by atoms with van der Waals surface area (Å²) >= 11 is 0. The van der Waals surface area contributed by atoms with E-state index in [1.807, 2.05) is 6.92 Å². The molecule has 0 radical (unpaired) electrons. The van der Waals surface area contributed by atoms with Crippen molar-refractivity contribution < 1.29 is 23.7 Å². The van der Waals surface area contributed by atoms with Crippen LogP contribution < -0.4 is 0 Å². The van der Waals surface area contributed by atoms with Crippen molar-refractivity contribution in [2.75, 3.05) is 20.8 Å². The highest BCUT2D eigenvalue weighted by Crippen LogP contribution is 2.22. The van der Waals surface area contributed by atoms with Crippen LogP contribution in [0.4, 0.5) is 0 Å². The van der Waals surface area contributed by atoms with E-state index in [0.29, 0.717) is 6.61 Å². The molecule has 1 saturated heterocycles. The third-order valence-corrected chi connectivity index (χ3v) is 2.55. The molecule has 5 nitrogen and oxygen atoms in total. The molecule has 0 N–H and O–H groups in total. The number of rotatable bonds is 3. The summed E-state index contributed by atoms with van der Waals surface area (Å²) in [6.45, 7) is 3.68. The van der Waals surface area contributed by atoms with Crippen molar-refractivity contribution in [1.82, 2.24) is 0 Å². The van der Waals surface area contributed by atoms with E-state index in [9.17, 15) is 4.79 Å². The van der Waals surface area contributed by atoms with Crippen molar-refractivity contribution in [2.45, 2.75) is 38.3 Å². The summed E-state index contributed by atoms with van der Waals surface area (Å²) in [5.74, 6) is -0.339. The molecule has 0 aromatic carbocycles. The van der Waals surface area contributed by atoms with Crippen LogP contribution in [0.2, 0.25) is 0 Å². The molecule has 0 aromatic heterocycles. The second-order valence-corrected chi connectivity index (χ2v) is 3.59. The number of esters is 1. The summed E-state index contributed by atoms with van der Waals surface area (Å²) in [4.78, 5) is 10.9. The van der Waals surface area contributed by atoms with Crippen LogP contribution in [0.3, 0.4) is 0 Å². The lowest BCUT2D eigenvalue weighted by molar-refractivity contribution is -0.214. The number of hydrogen-bond donors (Lipinski definition) is 0. The fraction of sp³-hybridized carbons (Fsp3) is 0.900. The minimum Gasteiger partial charge on any atom is -0.457 e.